The van der Waals surface area contributed by atoms with E-state index < -0.39 is 45.8 Å². The first-order valence-electron chi connectivity index (χ1n) is 9.81. The number of aromatic nitrogens is 2. The van der Waals surface area contributed by atoms with Crippen molar-refractivity contribution in [3.05, 3.63) is 68.9 Å². The van der Waals surface area contributed by atoms with Crippen molar-refractivity contribution in [1.82, 2.24) is 15.3 Å². The number of pyridine rings is 2. The van der Waals surface area contributed by atoms with Crippen LogP contribution in [0.5, 0.6) is 5.75 Å². The molecule has 3 rings (SSSR count). The largest absolute Gasteiger partial charge is 0.505 e. The molecule has 4 N–H and O–H groups in total. The number of hydrogen-bond acceptors (Lipinski definition) is 5. The first-order chi connectivity index (χ1) is 15.3. The monoisotopic (exact) mass is 467 g/mol. The van der Waals surface area contributed by atoms with Crippen LogP contribution in [0.2, 0.25) is 0 Å². The molecule has 1 amide bonds. The minimum absolute atomic E-state index is 0.0120. The number of aliphatic hydroxyl groups excluding tert-OH is 1. The number of aliphatic hydroxyl groups is 1. The average molecular weight is 467 g/mol. The van der Waals surface area contributed by atoms with Crippen LogP contribution in [0, 0.1) is 11.2 Å². The van der Waals surface area contributed by atoms with Crippen LogP contribution in [0.25, 0.3) is 11.0 Å². The summed E-state index contributed by atoms with van der Waals surface area (Å²) >= 11 is 0. The summed E-state index contributed by atoms with van der Waals surface area (Å²) in [6, 6.07) is 3.66. The molecular formula is C22H21F4N3O4. The van der Waals surface area contributed by atoms with E-state index in [1.165, 1.54) is 12.3 Å². The van der Waals surface area contributed by atoms with E-state index in [0.29, 0.717) is 6.07 Å². The van der Waals surface area contributed by atoms with E-state index in [0.717, 1.165) is 12.1 Å². The Morgan fingerprint density at radius 2 is 1.91 bits per heavy atom. The number of H-pyrrole nitrogens is 1. The fourth-order valence-electron chi connectivity index (χ4n) is 3.16. The molecule has 0 aliphatic rings. The van der Waals surface area contributed by atoms with Crippen molar-refractivity contribution in [2.45, 2.75) is 26.4 Å². The highest BCUT2D eigenvalue weighted by Gasteiger charge is 2.33. The van der Waals surface area contributed by atoms with Crippen molar-refractivity contribution in [1.29, 1.82) is 0 Å². The Morgan fingerprint density at radius 3 is 2.55 bits per heavy atom. The van der Waals surface area contributed by atoms with Gasteiger partial charge in [-0.05, 0) is 35.7 Å². The number of rotatable bonds is 6. The van der Waals surface area contributed by atoms with Gasteiger partial charge in [-0.1, -0.05) is 19.9 Å². The molecule has 0 bridgehead atoms. The maximum Gasteiger partial charge on any atom is 0.416 e. The van der Waals surface area contributed by atoms with Crippen LogP contribution in [0.4, 0.5) is 17.6 Å². The van der Waals surface area contributed by atoms with Crippen molar-refractivity contribution < 1.29 is 32.6 Å². The number of carbonyl (C=O) groups excluding carboxylic acids is 1. The minimum Gasteiger partial charge on any atom is -0.505 e. The third-order valence-corrected chi connectivity index (χ3v) is 5.04. The van der Waals surface area contributed by atoms with Crippen LogP contribution in [0.15, 0.2) is 35.3 Å². The first kappa shape index (κ1) is 24.2. The number of aromatic amines is 1. The molecule has 0 spiro atoms. The van der Waals surface area contributed by atoms with Gasteiger partial charge in [-0.15, -0.1) is 0 Å². The summed E-state index contributed by atoms with van der Waals surface area (Å²) in [5.41, 5.74) is -3.33. The van der Waals surface area contributed by atoms with Gasteiger partial charge in [0.25, 0.3) is 11.5 Å². The Bertz CT molecular complexity index is 1270. The van der Waals surface area contributed by atoms with Gasteiger partial charge >= 0.3 is 6.18 Å². The molecular weight excluding hydrogens is 446 g/mol. The van der Waals surface area contributed by atoms with Crippen LogP contribution >= 0.6 is 0 Å². The number of amides is 1. The van der Waals surface area contributed by atoms with Gasteiger partial charge in [-0.2, -0.15) is 13.2 Å². The molecule has 2 heterocycles. The molecule has 11 heteroatoms. The van der Waals surface area contributed by atoms with Gasteiger partial charge in [0.1, 0.15) is 16.9 Å². The standard InChI is InChI=1S/C22H21F4N3O4/c1-21(2,10-30)9-28-19(32)16-18(31)17-15(29-20(16)33)6-11(8-27-17)5-12-3-4-13(23)7-14(12)22(24,25)26/h3-4,6-8,30H,5,9-10H2,1-2H3,(H,28,32)(H2,29,31,33). The highest BCUT2D eigenvalue weighted by atomic mass is 19.4. The number of alkyl halides is 3. The maximum atomic E-state index is 13.3. The van der Waals surface area contributed by atoms with Gasteiger partial charge < -0.3 is 20.5 Å². The van der Waals surface area contributed by atoms with E-state index in [1.807, 2.05) is 0 Å². The average Bonchev–Trinajstić information content (AvgIpc) is 2.72. The minimum atomic E-state index is -4.76. The predicted octanol–water partition coefficient (Wildman–Crippen LogP) is 3.13. The van der Waals surface area contributed by atoms with Crippen molar-refractivity contribution in [3.8, 4) is 5.75 Å². The highest BCUT2D eigenvalue weighted by molar-refractivity contribution is 6.01. The lowest BCUT2D eigenvalue weighted by Crippen LogP contribution is -2.38. The lowest BCUT2D eigenvalue weighted by Gasteiger charge is -2.21. The number of carbonyl (C=O) groups is 1. The van der Waals surface area contributed by atoms with Gasteiger partial charge in [-0.25, -0.2) is 4.39 Å². The van der Waals surface area contributed by atoms with Crippen molar-refractivity contribution in [2.24, 2.45) is 5.41 Å². The van der Waals surface area contributed by atoms with E-state index in [9.17, 15) is 37.4 Å². The van der Waals surface area contributed by atoms with E-state index >= 15 is 0 Å². The fraction of sp³-hybridized carbons (Fsp3) is 0.318. The van der Waals surface area contributed by atoms with Gasteiger partial charge in [0.05, 0.1) is 11.1 Å². The maximum absolute atomic E-state index is 13.3. The van der Waals surface area contributed by atoms with Gasteiger partial charge in [0.15, 0.2) is 5.75 Å². The number of halogens is 4. The molecule has 33 heavy (non-hydrogen) atoms. The van der Waals surface area contributed by atoms with Crippen LogP contribution < -0.4 is 10.9 Å². The summed E-state index contributed by atoms with van der Waals surface area (Å²) in [7, 11) is 0. The molecule has 7 nitrogen and oxygen atoms in total. The van der Waals surface area contributed by atoms with Gasteiger partial charge in [0, 0.05) is 24.8 Å². The summed E-state index contributed by atoms with van der Waals surface area (Å²) in [5, 5.41) is 22.2. The highest BCUT2D eigenvalue weighted by Crippen LogP contribution is 2.34. The van der Waals surface area contributed by atoms with E-state index in [2.05, 4.69) is 15.3 Å². The summed E-state index contributed by atoms with van der Waals surface area (Å²) in [5.74, 6) is -2.58. The molecule has 2 aromatic heterocycles. The second kappa shape index (κ2) is 8.81. The zero-order valence-electron chi connectivity index (χ0n) is 17.7. The molecule has 0 unspecified atom stereocenters. The first-order valence-corrected chi connectivity index (χ1v) is 9.81. The smallest absolute Gasteiger partial charge is 0.416 e. The molecule has 0 saturated carbocycles. The Morgan fingerprint density at radius 1 is 1.21 bits per heavy atom. The molecule has 0 radical (unpaired) electrons. The third-order valence-electron chi connectivity index (χ3n) is 5.04. The third kappa shape index (κ3) is 5.30. The molecule has 0 aliphatic heterocycles. The van der Waals surface area contributed by atoms with Gasteiger partial charge in [-0.3, -0.25) is 14.6 Å². The van der Waals surface area contributed by atoms with Crippen LogP contribution in [0.1, 0.15) is 40.9 Å². The Labute approximate surface area is 185 Å². The predicted molar refractivity (Wildman–Crippen MR) is 111 cm³/mol. The second-order valence-electron chi connectivity index (χ2n) is 8.40. The Kier molecular flexibility index (Phi) is 6.46. The molecule has 0 saturated heterocycles. The molecule has 0 aliphatic carbocycles. The second-order valence-corrected chi connectivity index (χ2v) is 8.40. The van der Waals surface area contributed by atoms with E-state index in [4.69, 9.17) is 0 Å². The normalized spacial score (nSPS) is 12.2. The van der Waals surface area contributed by atoms with E-state index in [-0.39, 0.29) is 41.7 Å². The lowest BCUT2D eigenvalue weighted by molar-refractivity contribution is -0.138. The number of nitrogens with zero attached hydrogens (tertiary/aromatic N) is 1. The summed E-state index contributed by atoms with van der Waals surface area (Å²) in [6.07, 6.45) is -3.83. The molecule has 1 aromatic carbocycles. The van der Waals surface area contributed by atoms with E-state index in [1.54, 1.807) is 13.8 Å². The summed E-state index contributed by atoms with van der Waals surface area (Å²) in [6.45, 7) is 3.19. The quantitative estimate of drug-likeness (QED) is 0.416. The summed E-state index contributed by atoms with van der Waals surface area (Å²) < 4.78 is 53.1. The topological polar surface area (TPSA) is 115 Å². The number of aromatic hydroxyl groups is 1. The van der Waals surface area contributed by atoms with Crippen molar-refractivity contribution >= 4 is 16.9 Å². The fourth-order valence-corrected chi connectivity index (χ4v) is 3.16. The summed E-state index contributed by atoms with van der Waals surface area (Å²) in [4.78, 5) is 31.3. The molecule has 3 aromatic rings. The van der Waals surface area contributed by atoms with Gasteiger partial charge in [0.2, 0.25) is 0 Å². The van der Waals surface area contributed by atoms with Crippen LogP contribution in [-0.4, -0.2) is 39.2 Å². The van der Waals surface area contributed by atoms with Crippen LogP contribution in [0.3, 0.4) is 0 Å². The SMILES string of the molecule is CC(C)(CO)CNC(=O)c1c(O)c2ncc(Cc3ccc(F)cc3C(F)(F)F)cc2[nH]c1=O. The molecule has 176 valence electrons. The van der Waals surface area contributed by atoms with Crippen molar-refractivity contribution in [3.63, 3.8) is 0 Å². The number of fused-ring (bicyclic) bond motifs is 1. The Balaban J connectivity index is 1.96. The number of benzene rings is 1. The number of nitrogens with one attached hydrogen (secondary N) is 2. The van der Waals surface area contributed by atoms with Crippen molar-refractivity contribution in [2.75, 3.05) is 13.2 Å². The Hall–Kier alpha value is -3.47. The van der Waals surface area contributed by atoms with Crippen LogP contribution in [-0.2, 0) is 12.6 Å². The molecule has 0 fully saturated rings. The lowest BCUT2D eigenvalue weighted by atomic mass is 9.95. The molecule has 0 atom stereocenters. The number of hydrogen-bond donors (Lipinski definition) is 4. The zero-order chi connectivity index (χ0) is 24.6. The zero-order valence-corrected chi connectivity index (χ0v) is 17.7.